The highest BCUT2D eigenvalue weighted by Crippen LogP contribution is 2.17. The molecular weight excluding hydrogens is 248 g/mol. The zero-order valence-electron chi connectivity index (χ0n) is 10.5. The molecule has 1 aromatic rings. The van der Waals surface area contributed by atoms with Gasteiger partial charge in [-0.2, -0.15) is 11.8 Å². The van der Waals surface area contributed by atoms with Crippen LogP contribution < -0.4 is 10.6 Å². The highest BCUT2D eigenvalue weighted by atomic mass is 32.2. The quantitative estimate of drug-likeness (QED) is 0.865. The van der Waals surface area contributed by atoms with E-state index in [4.69, 9.17) is 0 Å². The molecule has 1 unspecified atom stereocenters. The average molecular weight is 266 g/mol. The molecule has 18 heavy (non-hydrogen) atoms. The maximum Gasteiger partial charge on any atom is 0.271 e. The van der Waals surface area contributed by atoms with Crippen LogP contribution in [-0.4, -0.2) is 40.0 Å². The lowest BCUT2D eigenvalue weighted by Gasteiger charge is -2.22. The number of rotatable bonds is 4. The lowest BCUT2D eigenvalue weighted by atomic mass is 10.2. The number of thioether (sulfide) groups is 1. The summed E-state index contributed by atoms with van der Waals surface area (Å²) in [6.45, 7) is 2.78. The van der Waals surface area contributed by atoms with Crippen molar-refractivity contribution in [3.05, 3.63) is 18.1 Å². The van der Waals surface area contributed by atoms with Gasteiger partial charge in [0.2, 0.25) is 0 Å². The second-order valence-corrected chi connectivity index (χ2v) is 5.35. The lowest BCUT2D eigenvalue weighted by molar-refractivity contribution is 0.0933. The third-order valence-corrected chi connectivity index (χ3v) is 3.95. The minimum Gasteiger partial charge on any atom is -0.369 e. The molecule has 0 aromatic carbocycles. The number of hydrogen-bond donors (Lipinski definition) is 2. The first-order chi connectivity index (χ1) is 8.79. The second kappa shape index (κ2) is 6.58. The van der Waals surface area contributed by atoms with Crippen molar-refractivity contribution in [2.45, 2.75) is 25.8 Å². The fourth-order valence-corrected chi connectivity index (χ4v) is 2.90. The molecule has 6 heteroatoms. The van der Waals surface area contributed by atoms with Crippen molar-refractivity contribution in [3.8, 4) is 0 Å². The molecule has 0 radical (unpaired) electrons. The number of nitrogens with zero attached hydrogens (tertiary/aromatic N) is 2. The summed E-state index contributed by atoms with van der Waals surface area (Å²) in [5.74, 6) is 2.76. The van der Waals surface area contributed by atoms with Gasteiger partial charge in [0.05, 0.1) is 12.4 Å². The van der Waals surface area contributed by atoms with E-state index in [1.54, 1.807) is 6.20 Å². The van der Waals surface area contributed by atoms with E-state index >= 15 is 0 Å². The number of carbonyl (C=O) groups excluding carboxylic acids is 1. The molecule has 98 valence electrons. The van der Waals surface area contributed by atoms with E-state index in [1.165, 1.54) is 18.4 Å². The Bertz CT molecular complexity index is 390. The molecule has 1 atom stereocenters. The average Bonchev–Trinajstić information content (AvgIpc) is 2.41. The van der Waals surface area contributed by atoms with Gasteiger partial charge in [0.25, 0.3) is 5.91 Å². The molecule has 0 bridgehead atoms. The fourth-order valence-electron chi connectivity index (χ4n) is 1.83. The Morgan fingerprint density at radius 1 is 1.50 bits per heavy atom. The molecule has 0 saturated carbocycles. The van der Waals surface area contributed by atoms with Crippen LogP contribution in [0.15, 0.2) is 12.4 Å². The molecule has 2 N–H and O–H groups in total. The van der Waals surface area contributed by atoms with Crippen LogP contribution in [0, 0.1) is 0 Å². The zero-order chi connectivity index (χ0) is 12.8. The topological polar surface area (TPSA) is 66.9 Å². The van der Waals surface area contributed by atoms with E-state index in [0.717, 1.165) is 18.7 Å². The highest BCUT2D eigenvalue weighted by Gasteiger charge is 2.17. The van der Waals surface area contributed by atoms with E-state index in [0.29, 0.717) is 11.5 Å². The summed E-state index contributed by atoms with van der Waals surface area (Å²) >= 11 is 1.89. The van der Waals surface area contributed by atoms with E-state index in [-0.39, 0.29) is 11.9 Å². The first-order valence-corrected chi connectivity index (χ1v) is 7.39. The van der Waals surface area contributed by atoms with Crippen molar-refractivity contribution in [2.24, 2.45) is 0 Å². The first-order valence-electron chi connectivity index (χ1n) is 6.24. The molecule has 0 spiro atoms. The van der Waals surface area contributed by atoms with Gasteiger partial charge in [0, 0.05) is 18.3 Å². The van der Waals surface area contributed by atoms with Gasteiger partial charge in [-0.3, -0.25) is 4.79 Å². The summed E-state index contributed by atoms with van der Waals surface area (Å²) in [5.41, 5.74) is 0.382. The van der Waals surface area contributed by atoms with Gasteiger partial charge in [0.15, 0.2) is 0 Å². The van der Waals surface area contributed by atoms with Gasteiger partial charge in [-0.05, 0) is 25.5 Å². The van der Waals surface area contributed by atoms with E-state index < -0.39 is 0 Å². The summed E-state index contributed by atoms with van der Waals surface area (Å²) in [5, 5.41) is 6.05. The maximum absolute atomic E-state index is 11.9. The minimum atomic E-state index is -0.127. The van der Waals surface area contributed by atoms with Crippen LogP contribution in [0.25, 0.3) is 0 Å². The van der Waals surface area contributed by atoms with Gasteiger partial charge in [-0.1, -0.05) is 0 Å². The monoisotopic (exact) mass is 266 g/mol. The molecule has 2 heterocycles. The van der Waals surface area contributed by atoms with Crippen molar-refractivity contribution >= 4 is 23.5 Å². The molecule has 1 aromatic heterocycles. The number of anilines is 1. The Labute approximate surface area is 111 Å². The molecule has 2 rings (SSSR count). The minimum absolute atomic E-state index is 0.127. The maximum atomic E-state index is 11.9. The third-order valence-electron chi connectivity index (χ3n) is 2.74. The van der Waals surface area contributed by atoms with Gasteiger partial charge in [-0.15, -0.1) is 0 Å². The van der Waals surface area contributed by atoms with Crippen molar-refractivity contribution in [1.29, 1.82) is 0 Å². The molecule has 1 saturated heterocycles. The number of aromatic nitrogens is 2. The first kappa shape index (κ1) is 13.1. The smallest absolute Gasteiger partial charge is 0.271 e. The van der Waals surface area contributed by atoms with E-state index in [9.17, 15) is 4.79 Å². The standard InChI is InChI=1S/C12H18N4OS/c1-2-13-11-7-14-10(6-15-11)12(17)16-9-4-3-5-18-8-9/h6-7,9H,2-5,8H2,1H3,(H,13,15)(H,16,17). The van der Waals surface area contributed by atoms with Crippen LogP contribution in [0.2, 0.25) is 0 Å². The molecule has 5 nitrogen and oxygen atoms in total. The fraction of sp³-hybridized carbons (Fsp3) is 0.583. The van der Waals surface area contributed by atoms with Gasteiger partial charge < -0.3 is 10.6 Å². The summed E-state index contributed by atoms with van der Waals surface area (Å²) in [6, 6.07) is 0.270. The molecule has 1 aliphatic heterocycles. The predicted octanol–water partition coefficient (Wildman–Crippen LogP) is 1.53. The molecular formula is C12H18N4OS. The van der Waals surface area contributed by atoms with Crippen LogP contribution >= 0.6 is 11.8 Å². The Balaban J connectivity index is 1.91. The molecule has 1 amide bonds. The summed E-state index contributed by atoms with van der Waals surface area (Å²) in [4.78, 5) is 20.2. The SMILES string of the molecule is CCNc1cnc(C(=O)NC2CCCSC2)cn1. The molecule has 0 aliphatic carbocycles. The number of nitrogens with one attached hydrogen (secondary N) is 2. The predicted molar refractivity (Wildman–Crippen MR) is 74.0 cm³/mol. The summed E-state index contributed by atoms with van der Waals surface area (Å²) in [7, 11) is 0. The van der Waals surface area contributed by atoms with Crippen LogP contribution in [0.1, 0.15) is 30.3 Å². The Morgan fingerprint density at radius 3 is 3.00 bits per heavy atom. The molecule has 1 fully saturated rings. The second-order valence-electron chi connectivity index (χ2n) is 4.20. The van der Waals surface area contributed by atoms with Gasteiger partial charge >= 0.3 is 0 Å². The largest absolute Gasteiger partial charge is 0.369 e. The van der Waals surface area contributed by atoms with E-state index in [1.807, 2.05) is 18.7 Å². The van der Waals surface area contributed by atoms with Crippen molar-refractivity contribution in [3.63, 3.8) is 0 Å². The van der Waals surface area contributed by atoms with Gasteiger partial charge in [-0.25, -0.2) is 9.97 Å². The zero-order valence-corrected chi connectivity index (χ0v) is 11.3. The number of amides is 1. The Morgan fingerprint density at radius 2 is 2.39 bits per heavy atom. The highest BCUT2D eigenvalue weighted by molar-refractivity contribution is 7.99. The van der Waals surface area contributed by atoms with Crippen LogP contribution in [0.3, 0.4) is 0 Å². The molecule has 1 aliphatic rings. The summed E-state index contributed by atoms with van der Waals surface area (Å²) in [6.07, 6.45) is 5.33. The van der Waals surface area contributed by atoms with Crippen molar-refractivity contribution in [2.75, 3.05) is 23.4 Å². The third kappa shape index (κ3) is 3.60. The van der Waals surface area contributed by atoms with Crippen molar-refractivity contribution < 1.29 is 4.79 Å². The lowest BCUT2D eigenvalue weighted by Crippen LogP contribution is -2.38. The Hall–Kier alpha value is -1.30. The normalized spacial score (nSPS) is 19.3. The van der Waals surface area contributed by atoms with Crippen LogP contribution in [0.5, 0.6) is 0 Å². The van der Waals surface area contributed by atoms with Gasteiger partial charge in [0.1, 0.15) is 11.5 Å². The number of carbonyl (C=O) groups is 1. The van der Waals surface area contributed by atoms with E-state index in [2.05, 4.69) is 20.6 Å². The Kier molecular flexibility index (Phi) is 4.81. The van der Waals surface area contributed by atoms with Crippen LogP contribution in [0.4, 0.5) is 5.82 Å². The van der Waals surface area contributed by atoms with Crippen molar-refractivity contribution in [1.82, 2.24) is 15.3 Å². The summed E-state index contributed by atoms with van der Waals surface area (Å²) < 4.78 is 0. The van der Waals surface area contributed by atoms with Crippen LogP contribution in [-0.2, 0) is 0 Å². The number of hydrogen-bond acceptors (Lipinski definition) is 5.